The molecule has 0 amide bonds. The van der Waals surface area contributed by atoms with Gasteiger partial charge in [-0.3, -0.25) is 4.79 Å². The molecule has 3 atom stereocenters. The Hall–Kier alpha value is -4.38. The van der Waals surface area contributed by atoms with E-state index >= 15 is 0 Å². The number of aliphatic carboxylic acids is 1. The zero-order chi connectivity index (χ0) is 32.8. The van der Waals surface area contributed by atoms with Gasteiger partial charge in [0.25, 0.3) is 0 Å². The molecule has 47 heavy (non-hydrogen) atoms. The van der Waals surface area contributed by atoms with Gasteiger partial charge in [0.15, 0.2) is 0 Å². The summed E-state index contributed by atoms with van der Waals surface area (Å²) in [5.74, 6) is 1.28. The van der Waals surface area contributed by atoms with Crippen molar-refractivity contribution < 1.29 is 9.90 Å². The third-order valence-corrected chi connectivity index (χ3v) is 11.3. The number of carboxylic acids is 1. The Kier molecular flexibility index (Phi) is 8.20. The quantitative estimate of drug-likeness (QED) is 0.171. The molecule has 4 aromatic carbocycles. The fourth-order valence-corrected chi connectivity index (χ4v) is 8.96. The van der Waals surface area contributed by atoms with Gasteiger partial charge >= 0.3 is 5.97 Å². The van der Waals surface area contributed by atoms with E-state index in [9.17, 15) is 4.79 Å². The molecule has 1 heterocycles. The SMILES string of the molecule is CC(C)c1ccc2c(c1)CC[C@H]1[C@](C)(Cn3c(-c4cccc(NCCC(=O)O)c4)nc4cc(-c5ccccc5)ccc43)CCC[C@]21C. The Labute approximate surface area is 279 Å². The molecule has 2 aliphatic carbocycles. The summed E-state index contributed by atoms with van der Waals surface area (Å²) in [6.45, 7) is 11.0. The monoisotopic (exact) mass is 625 g/mol. The van der Waals surface area contributed by atoms with Gasteiger partial charge in [-0.05, 0) is 100 Å². The molecule has 1 fully saturated rings. The Morgan fingerprint density at radius 3 is 2.53 bits per heavy atom. The number of nitrogens with one attached hydrogen (secondary N) is 1. The first-order valence-electron chi connectivity index (χ1n) is 17.4. The maximum atomic E-state index is 11.2. The van der Waals surface area contributed by atoms with E-state index in [1.807, 2.05) is 12.1 Å². The number of benzene rings is 4. The number of hydrogen-bond donors (Lipinski definition) is 2. The van der Waals surface area contributed by atoms with Gasteiger partial charge in [-0.15, -0.1) is 0 Å². The van der Waals surface area contributed by atoms with Crippen LogP contribution >= 0.6 is 0 Å². The van der Waals surface area contributed by atoms with E-state index < -0.39 is 5.97 Å². The van der Waals surface area contributed by atoms with Crippen LogP contribution < -0.4 is 5.32 Å². The van der Waals surface area contributed by atoms with Crippen LogP contribution in [0.5, 0.6) is 0 Å². The van der Waals surface area contributed by atoms with Crippen molar-refractivity contribution in [2.24, 2.45) is 11.3 Å². The van der Waals surface area contributed by atoms with Crippen molar-refractivity contribution in [3.8, 4) is 22.5 Å². The van der Waals surface area contributed by atoms with Crippen molar-refractivity contribution in [2.45, 2.75) is 84.1 Å². The van der Waals surface area contributed by atoms with Gasteiger partial charge in [-0.2, -0.15) is 0 Å². The average molecular weight is 626 g/mol. The van der Waals surface area contributed by atoms with Crippen LogP contribution in [0.1, 0.15) is 82.4 Å². The highest BCUT2D eigenvalue weighted by Gasteiger charge is 2.52. The van der Waals surface area contributed by atoms with E-state index in [1.165, 1.54) is 42.4 Å². The molecule has 1 saturated carbocycles. The molecule has 7 rings (SSSR count). The van der Waals surface area contributed by atoms with Gasteiger partial charge in [0, 0.05) is 24.3 Å². The fraction of sp³-hybridized carbons (Fsp3) is 0.381. The Bertz CT molecular complexity index is 1930. The maximum Gasteiger partial charge on any atom is 0.305 e. The molecule has 0 unspecified atom stereocenters. The minimum absolute atomic E-state index is 0.0748. The summed E-state index contributed by atoms with van der Waals surface area (Å²) >= 11 is 0. The Morgan fingerprint density at radius 1 is 0.936 bits per heavy atom. The predicted molar refractivity (Wildman–Crippen MR) is 193 cm³/mol. The molecule has 0 bridgehead atoms. The smallest absolute Gasteiger partial charge is 0.305 e. The first-order chi connectivity index (χ1) is 22.6. The Balaban J connectivity index is 1.30. The molecule has 5 heteroatoms. The third kappa shape index (κ3) is 5.86. The number of carbonyl (C=O) groups is 1. The number of fused-ring (bicyclic) bond motifs is 4. The Morgan fingerprint density at radius 2 is 1.74 bits per heavy atom. The summed E-state index contributed by atoms with van der Waals surface area (Å²) in [6.07, 6.45) is 6.09. The summed E-state index contributed by atoms with van der Waals surface area (Å²) < 4.78 is 2.49. The largest absolute Gasteiger partial charge is 0.481 e. The molecular formula is C42H47N3O2. The molecule has 0 saturated heterocycles. The molecule has 2 N–H and O–H groups in total. The van der Waals surface area contributed by atoms with Crippen molar-refractivity contribution >= 4 is 22.7 Å². The van der Waals surface area contributed by atoms with Gasteiger partial charge in [0.05, 0.1) is 17.5 Å². The number of hydrogen-bond acceptors (Lipinski definition) is 3. The van der Waals surface area contributed by atoms with Gasteiger partial charge in [0.1, 0.15) is 5.82 Å². The van der Waals surface area contributed by atoms with Crippen molar-refractivity contribution in [1.29, 1.82) is 0 Å². The summed E-state index contributed by atoms with van der Waals surface area (Å²) in [5.41, 5.74) is 11.3. The topological polar surface area (TPSA) is 67.2 Å². The summed E-state index contributed by atoms with van der Waals surface area (Å²) in [5, 5.41) is 12.5. The normalized spacial score (nSPS) is 22.2. The zero-order valence-corrected chi connectivity index (χ0v) is 28.2. The number of nitrogens with zero attached hydrogens (tertiary/aromatic N) is 2. The van der Waals surface area contributed by atoms with Crippen LogP contribution in [-0.2, 0) is 23.2 Å². The molecular weight excluding hydrogens is 578 g/mol. The van der Waals surface area contributed by atoms with Gasteiger partial charge < -0.3 is 15.0 Å². The lowest BCUT2D eigenvalue weighted by Gasteiger charge is -2.56. The highest BCUT2D eigenvalue weighted by Crippen LogP contribution is 2.58. The van der Waals surface area contributed by atoms with E-state index in [0.717, 1.165) is 41.1 Å². The molecule has 0 spiro atoms. The molecule has 0 aliphatic heterocycles. The van der Waals surface area contributed by atoms with Gasteiger partial charge in [0.2, 0.25) is 0 Å². The van der Waals surface area contributed by atoms with Crippen LogP contribution in [0.3, 0.4) is 0 Å². The lowest BCUT2D eigenvalue weighted by Crippen LogP contribution is -2.50. The second-order valence-electron chi connectivity index (χ2n) is 14.8. The van der Waals surface area contributed by atoms with Gasteiger partial charge in [-0.25, -0.2) is 4.98 Å². The van der Waals surface area contributed by atoms with E-state index in [0.29, 0.717) is 18.4 Å². The lowest BCUT2D eigenvalue weighted by atomic mass is 9.49. The van der Waals surface area contributed by atoms with Crippen LogP contribution in [0.15, 0.2) is 91.0 Å². The maximum absolute atomic E-state index is 11.2. The minimum atomic E-state index is -0.803. The standard InChI is InChI=1S/C42H47N3O2/c1-28(2)30-14-17-35-32(24-30)16-19-38-41(3,21-9-22-42(35,38)4)27-45-37-18-15-31(29-10-6-5-7-11-29)26-36(37)44-40(45)33-12-8-13-34(25-33)43-23-20-39(46)47/h5-8,10-15,17-18,24-26,28,38,43H,9,16,19-23,27H2,1-4H3,(H,46,47)/t38-,41-,42+/m0/s1. The van der Waals surface area contributed by atoms with Gasteiger partial charge in [-0.1, -0.05) is 101 Å². The minimum Gasteiger partial charge on any atom is -0.481 e. The van der Waals surface area contributed by atoms with Crippen LogP contribution in [0.2, 0.25) is 0 Å². The highest BCUT2D eigenvalue weighted by atomic mass is 16.4. The third-order valence-electron chi connectivity index (χ3n) is 11.3. The number of rotatable bonds is 9. The fourth-order valence-electron chi connectivity index (χ4n) is 8.96. The lowest BCUT2D eigenvalue weighted by molar-refractivity contribution is -0.136. The summed E-state index contributed by atoms with van der Waals surface area (Å²) in [6, 6.07) is 32.9. The first-order valence-corrected chi connectivity index (χ1v) is 17.4. The predicted octanol–water partition coefficient (Wildman–Crippen LogP) is 10.1. The number of carboxylic acid groups (broad SMARTS) is 1. The van der Waals surface area contributed by atoms with Crippen molar-refractivity contribution in [3.63, 3.8) is 0 Å². The van der Waals surface area contributed by atoms with Crippen LogP contribution in [-0.4, -0.2) is 27.2 Å². The van der Waals surface area contributed by atoms with Crippen molar-refractivity contribution in [3.05, 3.63) is 108 Å². The number of anilines is 1. The molecule has 5 aromatic rings. The second kappa shape index (κ2) is 12.3. The molecule has 242 valence electrons. The summed E-state index contributed by atoms with van der Waals surface area (Å²) in [7, 11) is 0. The van der Waals surface area contributed by atoms with E-state index in [1.54, 1.807) is 11.1 Å². The van der Waals surface area contributed by atoms with Crippen LogP contribution in [0.25, 0.3) is 33.5 Å². The second-order valence-corrected chi connectivity index (χ2v) is 14.8. The number of aryl methyl sites for hydroxylation is 1. The van der Waals surface area contributed by atoms with E-state index in [4.69, 9.17) is 10.1 Å². The number of aromatic nitrogens is 2. The average Bonchev–Trinajstić information content (AvgIpc) is 3.41. The summed E-state index contributed by atoms with van der Waals surface area (Å²) in [4.78, 5) is 16.5. The molecule has 0 radical (unpaired) electrons. The molecule has 1 aromatic heterocycles. The molecule has 5 nitrogen and oxygen atoms in total. The van der Waals surface area contributed by atoms with Crippen molar-refractivity contribution in [2.75, 3.05) is 11.9 Å². The zero-order valence-electron chi connectivity index (χ0n) is 28.2. The molecule has 2 aliphatic rings. The van der Waals surface area contributed by atoms with E-state index in [-0.39, 0.29) is 17.3 Å². The highest BCUT2D eigenvalue weighted by molar-refractivity contribution is 5.86. The number of imidazole rings is 1. The van der Waals surface area contributed by atoms with Crippen LogP contribution in [0, 0.1) is 11.3 Å². The first kappa shape index (κ1) is 31.2. The van der Waals surface area contributed by atoms with Crippen LogP contribution in [0.4, 0.5) is 5.69 Å². The van der Waals surface area contributed by atoms with Crippen molar-refractivity contribution in [1.82, 2.24) is 9.55 Å². The van der Waals surface area contributed by atoms with E-state index in [2.05, 4.69) is 116 Å².